The van der Waals surface area contributed by atoms with E-state index in [4.69, 9.17) is 0 Å². The SMILES string of the molecule is CCc1nc(CNc2cc(C)ccn2)cs1.Cl. The van der Waals surface area contributed by atoms with Gasteiger partial charge in [0, 0.05) is 11.6 Å². The summed E-state index contributed by atoms with van der Waals surface area (Å²) in [5, 5.41) is 6.56. The highest BCUT2D eigenvalue weighted by Gasteiger charge is 2.00. The Morgan fingerprint density at radius 2 is 2.24 bits per heavy atom. The van der Waals surface area contributed by atoms with Crippen LogP contribution in [0.4, 0.5) is 5.82 Å². The van der Waals surface area contributed by atoms with Gasteiger partial charge in [0.25, 0.3) is 0 Å². The van der Waals surface area contributed by atoms with Gasteiger partial charge in [0.1, 0.15) is 5.82 Å². The number of aromatic nitrogens is 2. The standard InChI is InChI=1S/C12H15N3S.ClH/c1-3-12-15-10(8-16-12)7-14-11-6-9(2)4-5-13-11;/h4-6,8H,3,7H2,1-2H3,(H,13,14);1H. The van der Waals surface area contributed by atoms with Crippen molar-refractivity contribution in [3.63, 3.8) is 0 Å². The van der Waals surface area contributed by atoms with E-state index in [9.17, 15) is 0 Å². The average molecular weight is 270 g/mol. The second-order valence-corrected chi connectivity index (χ2v) is 4.60. The maximum atomic E-state index is 4.49. The van der Waals surface area contributed by atoms with Crippen molar-refractivity contribution < 1.29 is 0 Å². The van der Waals surface area contributed by atoms with E-state index in [0.29, 0.717) is 0 Å². The predicted octanol–water partition coefficient (Wildman–Crippen LogP) is 3.44. The fraction of sp³-hybridized carbons (Fsp3) is 0.333. The molecule has 0 saturated heterocycles. The molecule has 2 aromatic heterocycles. The number of aryl methyl sites for hydroxylation is 2. The molecule has 0 aromatic carbocycles. The van der Waals surface area contributed by atoms with Crippen molar-refractivity contribution in [3.8, 4) is 0 Å². The van der Waals surface area contributed by atoms with Crippen LogP contribution in [0.2, 0.25) is 0 Å². The highest BCUT2D eigenvalue weighted by molar-refractivity contribution is 7.09. The van der Waals surface area contributed by atoms with Crippen molar-refractivity contribution in [1.82, 2.24) is 9.97 Å². The van der Waals surface area contributed by atoms with Crippen LogP contribution in [0.15, 0.2) is 23.7 Å². The highest BCUT2D eigenvalue weighted by atomic mass is 35.5. The largest absolute Gasteiger partial charge is 0.364 e. The minimum absolute atomic E-state index is 0. The van der Waals surface area contributed by atoms with E-state index in [0.717, 1.165) is 24.5 Å². The number of pyridine rings is 1. The van der Waals surface area contributed by atoms with Gasteiger partial charge in [0.15, 0.2) is 0 Å². The summed E-state index contributed by atoms with van der Waals surface area (Å²) >= 11 is 1.72. The van der Waals surface area contributed by atoms with Crippen molar-refractivity contribution in [3.05, 3.63) is 40.0 Å². The van der Waals surface area contributed by atoms with Gasteiger partial charge in [-0.15, -0.1) is 23.7 Å². The number of nitrogens with zero attached hydrogens (tertiary/aromatic N) is 2. The Hall–Kier alpha value is -1.13. The zero-order chi connectivity index (χ0) is 11.4. The Morgan fingerprint density at radius 1 is 1.41 bits per heavy atom. The molecule has 2 rings (SSSR count). The molecular weight excluding hydrogens is 254 g/mol. The van der Waals surface area contributed by atoms with E-state index in [2.05, 4.69) is 34.5 Å². The molecule has 92 valence electrons. The molecule has 0 spiro atoms. The van der Waals surface area contributed by atoms with Crippen LogP contribution in [-0.4, -0.2) is 9.97 Å². The zero-order valence-corrected chi connectivity index (χ0v) is 11.6. The second-order valence-electron chi connectivity index (χ2n) is 3.66. The first-order chi connectivity index (χ1) is 7.78. The maximum absolute atomic E-state index is 4.49. The molecule has 0 aliphatic carbocycles. The van der Waals surface area contributed by atoms with E-state index in [1.807, 2.05) is 18.3 Å². The fourth-order valence-electron chi connectivity index (χ4n) is 1.41. The van der Waals surface area contributed by atoms with Gasteiger partial charge in [-0.3, -0.25) is 0 Å². The van der Waals surface area contributed by atoms with Crippen LogP contribution in [0.5, 0.6) is 0 Å². The van der Waals surface area contributed by atoms with Crippen LogP contribution >= 0.6 is 23.7 Å². The molecule has 0 unspecified atom stereocenters. The van der Waals surface area contributed by atoms with Crippen molar-refractivity contribution in [1.29, 1.82) is 0 Å². The number of rotatable bonds is 4. The molecule has 0 saturated carbocycles. The summed E-state index contributed by atoms with van der Waals surface area (Å²) in [6, 6.07) is 4.02. The molecule has 0 fully saturated rings. The Morgan fingerprint density at radius 3 is 2.88 bits per heavy atom. The van der Waals surface area contributed by atoms with Crippen LogP contribution < -0.4 is 5.32 Å². The van der Waals surface area contributed by atoms with Crippen LogP contribution in [-0.2, 0) is 13.0 Å². The van der Waals surface area contributed by atoms with E-state index in [-0.39, 0.29) is 12.4 Å². The highest BCUT2D eigenvalue weighted by Crippen LogP contribution is 2.12. The first-order valence-electron chi connectivity index (χ1n) is 5.37. The number of halogens is 1. The molecule has 0 aliphatic heterocycles. The summed E-state index contributed by atoms with van der Waals surface area (Å²) in [6.07, 6.45) is 2.82. The minimum Gasteiger partial charge on any atom is -0.364 e. The lowest BCUT2D eigenvalue weighted by atomic mass is 10.3. The van der Waals surface area contributed by atoms with Gasteiger partial charge < -0.3 is 5.32 Å². The average Bonchev–Trinajstić information content (AvgIpc) is 2.74. The van der Waals surface area contributed by atoms with E-state index in [1.54, 1.807) is 11.3 Å². The zero-order valence-electron chi connectivity index (χ0n) is 9.93. The number of nitrogens with one attached hydrogen (secondary N) is 1. The summed E-state index contributed by atoms with van der Waals surface area (Å²) in [4.78, 5) is 8.74. The topological polar surface area (TPSA) is 37.8 Å². The fourth-order valence-corrected chi connectivity index (χ4v) is 2.15. The number of hydrogen-bond donors (Lipinski definition) is 1. The van der Waals surface area contributed by atoms with Gasteiger partial charge >= 0.3 is 0 Å². The molecular formula is C12H16ClN3S. The minimum atomic E-state index is 0. The van der Waals surface area contributed by atoms with Gasteiger partial charge in [-0.25, -0.2) is 9.97 Å². The summed E-state index contributed by atoms with van der Waals surface area (Å²) in [5.74, 6) is 0.908. The molecule has 2 heterocycles. The molecule has 3 nitrogen and oxygen atoms in total. The first kappa shape index (κ1) is 13.9. The monoisotopic (exact) mass is 269 g/mol. The summed E-state index contributed by atoms with van der Waals surface area (Å²) < 4.78 is 0. The lowest BCUT2D eigenvalue weighted by Crippen LogP contribution is -2.01. The lowest BCUT2D eigenvalue weighted by Gasteiger charge is -2.03. The van der Waals surface area contributed by atoms with Crippen molar-refractivity contribution >= 4 is 29.6 Å². The molecule has 1 N–H and O–H groups in total. The van der Waals surface area contributed by atoms with Gasteiger partial charge in [-0.1, -0.05) is 6.92 Å². The summed E-state index contributed by atoms with van der Waals surface area (Å²) in [7, 11) is 0. The first-order valence-corrected chi connectivity index (χ1v) is 6.25. The number of thiazole rings is 1. The lowest BCUT2D eigenvalue weighted by molar-refractivity contribution is 1.00. The Kier molecular flexibility index (Phi) is 5.38. The molecule has 0 atom stereocenters. The molecule has 0 aliphatic rings. The third kappa shape index (κ3) is 3.98. The third-order valence-electron chi connectivity index (χ3n) is 2.27. The molecule has 0 amide bonds. The van der Waals surface area contributed by atoms with E-state index >= 15 is 0 Å². The molecule has 2 aromatic rings. The predicted molar refractivity (Wildman–Crippen MR) is 75.0 cm³/mol. The smallest absolute Gasteiger partial charge is 0.126 e. The second kappa shape index (κ2) is 6.57. The van der Waals surface area contributed by atoms with Gasteiger partial charge in [-0.05, 0) is 31.0 Å². The van der Waals surface area contributed by atoms with Crippen LogP contribution in [0.3, 0.4) is 0 Å². The van der Waals surface area contributed by atoms with Crippen molar-refractivity contribution in [2.45, 2.75) is 26.8 Å². The van der Waals surface area contributed by atoms with Crippen LogP contribution in [0, 0.1) is 6.92 Å². The van der Waals surface area contributed by atoms with E-state index < -0.39 is 0 Å². The van der Waals surface area contributed by atoms with Crippen LogP contribution in [0.1, 0.15) is 23.2 Å². The number of anilines is 1. The Balaban J connectivity index is 0.00000144. The quantitative estimate of drug-likeness (QED) is 0.924. The summed E-state index contributed by atoms with van der Waals surface area (Å²) in [5.41, 5.74) is 2.30. The Labute approximate surface area is 112 Å². The maximum Gasteiger partial charge on any atom is 0.126 e. The van der Waals surface area contributed by atoms with Crippen molar-refractivity contribution in [2.24, 2.45) is 0 Å². The third-order valence-corrected chi connectivity index (χ3v) is 3.31. The van der Waals surface area contributed by atoms with Gasteiger partial charge in [0.05, 0.1) is 17.2 Å². The van der Waals surface area contributed by atoms with Crippen LogP contribution in [0.25, 0.3) is 0 Å². The van der Waals surface area contributed by atoms with Gasteiger partial charge in [0.2, 0.25) is 0 Å². The molecule has 17 heavy (non-hydrogen) atoms. The van der Waals surface area contributed by atoms with Gasteiger partial charge in [-0.2, -0.15) is 0 Å². The van der Waals surface area contributed by atoms with Crippen molar-refractivity contribution in [2.75, 3.05) is 5.32 Å². The number of hydrogen-bond acceptors (Lipinski definition) is 4. The molecule has 0 bridgehead atoms. The normalized spacial score (nSPS) is 9.76. The molecule has 0 radical (unpaired) electrons. The summed E-state index contributed by atoms with van der Waals surface area (Å²) in [6.45, 7) is 4.93. The molecule has 5 heteroatoms. The Bertz CT molecular complexity index is 470. The van der Waals surface area contributed by atoms with E-state index in [1.165, 1.54) is 10.6 Å².